The Balaban J connectivity index is 1.87. The van der Waals surface area contributed by atoms with Crippen molar-refractivity contribution in [1.29, 1.82) is 0 Å². The maximum atomic E-state index is 5.98. The Hall–Kier alpha value is -0.990. The summed E-state index contributed by atoms with van der Waals surface area (Å²) in [5.74, 6) is 1.91. The normalized spacial score (nSPS) is 10.3. The summed E-state index contributed by atoms with van der Waals surface area (Å²) in [4.78, 5) is 4.06. The van der Waals surface area contributed by atoms with Gasteiger partial charge in [-0.15, -0.1) is 0 Å². The lowest BCUT2D eigenvalue weighted by Gasteiger charge is -2.03. The first-order valence-corrected chi connectivity index (χ1v) is 6.60. The van der Waals surface area contributed by atoms with Crippen molar-refractivity contribution in [3.05, 3.63) is 64.9 Å². The summed E-state index contributed by atoms with van der Waals surface area (Å²) in [6.45, 7) is 0. The molecular formula is C13H12ClNS. The van der Waals surface area contributed by atoms with Crippen molar-refractivity contribution >= 4 is 23.4 Å². The molecule has 0 saturated heterocycles. The summed E-state index contributed by atoms with van der Waals surface area (Å²) in [5, 5.41) is 0.614. The summed E-state index contributed by atoms with van der Waals surface area (Å²) in [7, 11) is 0. The van der Waals surface area contributed by atoms with Crippen molar-refractivity contribution < 1.29 is 0 Å². The van der Waals surface area contributed by atoms with Crippen molar-refractivity contribution in [3.8, 4) is 0 Å². The maximum Gasteiger partial charge on any atom is 0.133 e. The molecule has 1 aromatic heterocycles. The van der Waals surface area contributed by atoms with Crippen LogP contribution in [0.15, 0.2) is 48.7 Å². The minimum atomic E-state index is 0.614. The highest BCUT2D eigenvalue weighted by molar-refractivity contribution is 7.97. The highest BCUT2D eigenvalue weighted by atomic mass is 35.5. The Kier molecular flexibility index (Phi) is 4.25. The predicted molar refractivity (Wildman–Crippen MR) is 70.7 cm³/mol. The summed E-state index contributed by atoms with van der Waals surface area (Å²) < 4.78 is 0. The van der Waals surface area contributed by atoms with Crippen LogP contribution in [0.1, 0.15) is 11.1 Å². The molecule has 16 heavy (non-hydrogen) atoms. The zero-order valence-electron chi connectivity index (χ0n) is 8.77. The van der Waals surface area contributed by atoms with Crippen molar-refractivity contribution in [2.24, 2.45) is 0 Å². The number of hydrogen-bond donors (Lipinski definition) is 0. The van der Waals surface area contributed by atoms with Gasteiger partial charge < -0.3 is 0 Å². The molecule has 0 aliphatic heterocycles. The smallest absolute Gasteiger partial charge is 0.133 e. The van der Waals surface area contributed by atoms with Crippen LogP contribution in [0.25, 0.3) is 0 Å². The van der Waals surface area contributed by atoms with Crippen molar-refractivity contribution in [2.45, 2.75) is 11.5 Å². The number of benzene rings is 1. The predicted octanol–water partition coefficient (Wildman–Crippen LogP) is 4.17. The summed E-state index contributed by atoms with van der Waals surface area (Å²) in [6.07, 6.45) is 1.72. The molecule has 0 unspecified atom stereocenters. The standard InChI is InChI=1S/C13H12ClNS/c14-13-12(7-4-8-15-13)10-16-9-11-5-2-1-3-6-11/h1-8H,9-10H2. The average Bonchev–Trinajstić information content (AvgIpc) is 2.33. The van der Waals surface area contributed by atoms with Crippen LogP contribution in [0.2, 0.25) is 5.15 Å². The van der Waals surface area contributed by atoms with Gasteiger partial charge in [0.2, 0.25) is 0 Å². The van der Waals surface area contributed by atoms with Crippen LogP contribution >= 0.6 is 23.4 Å². The van der Waals surface area contributed by atoms with E-state index in [1.807, 2.05) is 30.0 Å². The average molecular weight is 250 g/mol. The van der Waals surface area contributed by atoms with Crippen LogP contribution in [0, 0.1) is 0 Å². The fraction of sp³-hybridized carbons (Fsp3) is 0.154. The highest BCUT2D eigenvalue weighted by Gasteiger charge is 2.00. The second-order valence-electron chi connectivity index (χ2n) is 3.43. The Labute approximate surface area is 105 Å². The first-order chi connectivity index (χ1) is 7.86. The molecule has 2 rings (SSSR count). The van der Waals surface area contributed by atoms with Gasteiger partial charge in [0, 0.05) is 17.7 Å². The van der Waals surface area contributed by atoms with E-state index in [4.69, 9.17) is 11.6 Å². The monoisotopic (exact) mass is 249 g/mol. The third-order valence-electron chi connectivity index (χ3n) is 2.21. The zero-order chi connectivity index (χ0) is 11.2. The molecule has 0 aliphatic carbocycles. The van der Waals surface area contributed by atoms with E-state index in [0.29, 0.717) is 5.15 Å². The van der Waals surface area contributed by atoms with Gasteiger partial charge >= 0.3 is 0 Å². The molecule has 0 radical (unpaired) electrons. The molecule has 0 N–H and O–H groups in total. The number of rotatable bonds is 4. The molecule has 0 saturated carbocycles. The molecule has 1 aromatic carbocycles. The topological polar surface area (TPSA) is 12.9 Å². The van der Waals surface area contributed by atoms with E-state index in [0.717, 1.165) is 17.1 Å². The van der Waals surface area contributed by atoms with E-state index >= 15 is 0 Å². The molecule has 0 bridgehead atoms. The Morgan fingerprint density at radius 2 is 1.81 bits per heavy atom. The molecule has 0 atom stereocenters. The van der Waals surface area contributed by atoms with Gasteiger partial charge in [0.25, 0.3) is 0 Å². The number of thioether (sulfide) groups is 1. The van der Waals surface area contributed by atoms with E-state index in [1.165, 1.54) is 5.56 Å². The highest BCUT2D eigenvalue weighted by Crippen LogP contribution is 2.21. The third kappa shape index (κ3) is 3.26. The Morgan fingerprint density at radius 3 is 2.56 bits per heavy atom. The van der Waals surface area contributed by atoms with Gasteiger partial charge in [-0.25, -0.2) is 4.98 Å². The number of pyridine rings is 1. The molecule has 0 fully saturated rings. The van der Waals surface area contributed by atoms with Crippen molar-refractivity contribution in [3.63, 3.8) is 0 Å². The van der Waals surface area contributed by atoms with Gasteiger partial charge in [-0.3, -0.25) is 0 Å². The van der Waals surface area contributed by atoms with Crippen molar-refractivity contribution in [1.82, 2.24) is 4.98 Å². The van der Waals surface area contributed by atoms with Crippen LogP contribution < -0.4 is 0 Å². The number of aromatic nitrogens is 1. The fourth-order valence-electron chi connectivity index (χ4n) is 1.38. The quantitative estimate of drug-likeness (QED) is 0.755. The van der Waals surface area contributed by atoms with E-state index in [-0.39, 0.29) is 0 Å². The SMILES string of the molecule is Clc1ncccc1CSCc1ccccc1. The molecule has 2 aromatic rings. The van der Waals surface area contributed by atoms with Gasteiger partial charge in [-0.2, -0.15) is 11.8 Å². The number of hydrogen-bond acceptors (Lipinski definition) is 2. The van der Waals surface area contributed by atoms with Crippen LogP contribution in [-0.4, -0.2) is 4.98 Å². The molecular weight excluding hydrogens is 238 g/mol. The summed E-state index contributed by atoms with van der Waals surface area (Å²) >= 11 is 7.83. The molecule has 0 aliphatic rings. The third-order valence-corrected chi connectivity index (χ3v) is 3.60. The van der Waals surface area contributed by atoms with Crippen LogP contribution in [0.5, 0.6) is 0 Å². The first-order valence-electron chi connectivity index (χ1n) is 5.07. The molecule has 3 heteroatoms. The van der Waals surface area contributed by atoms with Gasteiger partial charge in [0.05, 0.1) is 0 Å². The Bertz CT molecular complexity index is 445. The molecule has 1 heterocycles. The second-order valence-corrected chi connectivity index (χ2v) is 4.78. The lowest BCUT2D eigenvalue weighted by atomic mass is 10.2. The van der Waals surface area contributed by atoms with Crippen LogP contribution in [-0.2, 0) is 11.5 Å². The van der Waals surface area contributed by atoms with Gasteiger partial charge in [0.15, 0.2) is 0 Å². The van der Waals surface area contributed by atoms with Gasteiger partial charge in [0.1, 0.15) is 5.15 Å². The lowest BCUT2D eigenvalue weighted by molar-refractivity contribution is 1.25. The zero-order valence-corrected chi connectivity index (χ0v) is 10.3. The maximum absolute atomic E-state index is 5.98. The van der Waals surface area contributed by atoms with Crippen molar-refractivity contribution in [2.75, 3.05) is 0 Å². The first kappa shape index (κ1) is 11.5. The van der Waals surface area contributed by atoms with Gasteiger partial charge in [-0.1, -0.05) is 48.0 Å². The van der Waals surface area contributed by atoms with E-state index < -0.39 is 0 Å². The van der Waals surface area contributed by atoms with Gasteiger partial charge in [-0.05, 0) is 17.2 Å². The number of nitrogens with zero attached hydrogens (tertiary/aromatic N) is 1. The van der Waals surface area contributed by atoms with E-state index in [2.05, 4.69) is 29.2 Å². The van der Waals surface area contributed by atoms with E-state index in [1.54, 1.807) is 6.20 Å². The minimum Gasteiger partial charge on any atom is -0.244 e. The van der Waals surface area contributed by atoms with Crippen LogP contribution in [0.4, 0.5) is 0 Å². The number of halogens is 1. The fourth-order valence-corrected chi connectivity index (χ4v) is 2.63. The van der Waals surface area contributed by atoms with Crippen LogP contribution in [0.3, 0.4) is 0 Å². The summed E-state index contributed by atoms with van der Waals surface area (Å²) in [6, 6.07) is 14.4. The largest absolute Gasteiger partial charge is 0.244 e. The molecule has 0 spiro atoms. The molecule has 0 amide bonds. The minimum absolute atomic E-state index is 0.614. The molecule has 82 valence electrons. The lowest BCUT2D eigenvalue weighted by Crippen LogP contribution is -1.86. The van der Waals surface area contributed by atoms with E-state index in [9.17, 15) is 0 Å². The Morgan fingerprint density at radius 1 is 1.00 bits per heavy atom. The molecule has 1 nitrogen and oxygen atoms in total. The second kappa shape index (κ2) is 5.92. The summed E-state index contributed by atoms with van der Waals surface area (Å²) in [5.41, 5.74) is 2.44.